The van der Waals surface area contributed by atoms with Crippen LogP contribution in [0.25, 0.3) is 16.9 Å². The lowest BCUT2D eigenvalue weighted by molar-refractivity contribution is 0.145. The van der Waals surface area contributed by atoms with E-state index in [1.54, 1.807) is 0 Å². The van der Waals surface area contributed by atoms with E-state index in [0.29, 0.717) is 23.1 Å². The van der Waals surface area contributed by atoms with Crippen molar-refractivity contribution in [1.29, 1.82) is 0 Å². The fraction of sp³-hybridized carbons (Fsp3) is 0.118. The second-order valence-electron chi connectivity index (χ2n) is 5.68. The van der Waals surface area contributed by atoms with Gasteiger partial charge in [-0.3, -0.25) is 0 Å². The predicted molar refractivity (Wildman–Crippen MR) is 86.9 cm³/mol. The lowest BCUT2D eigenvalue weighted by Crippen LogP contribution is -2.08. The van der Waals surface area contributed by atoms with Crippen LogP contribution in [0.4, 0.5) is 22.0 Å². The van der Waals surface area contributed by atoms with E-state index < -0.39 is 50.0 Å². The average molecular weight is 402 g/mol. The number of alkyl halides is 2. The van der Waals surface area contributed by atoms with E-state index in [1.165, 1.54) is 12.1 Å². The molecule has 0 saturated heterocycles. The fourth-order valence-electron chi connectivity index (χ4n) is 2.51. The highest BCUT2D eigenvalue weighted by atomic mass is 32.2. The van der Waals surface area contributed by atoms with Gasteiger partial charge in [-0.25, -0.2) is 35.1 Å². The molecule has 1 aromatic heterocycles. The predicted octanol–water partition coefficient (Wildman–Crippen LogP) is 4.30. The van der Waals surface area contributed by atoms with Crippen LogP contribution in [0.5, 0.6) is 0 Å². The van der Waals surface area contributed by atoms with E-state index in [-0.39, 0.29) is 11.3 Å². The van der Waals surface area contributed by atoms with Crippen molar-refractivity contribution in [1.82, 2.24) is 9.78 Å². The van der Waals surface area contributed by atoms with Crippen LogP contribution in [-0.2, 0) is 9.84 Å². The summed E-state index contributed by atoms with van der Waals surface area (Å²) in [5.41, 5.74) is -1.34. The summed E-state index contributed by atoms with van der Waals surface area (Å²) < 4.78 is 92.0. The van der Waals surface area contributed by atoms with Gasteiger partial charge in [0.05, 0.1) is 5.69 Å². The number of nitrogens with zero attached hydrogens (tertiary/aromatic N) is 2. The highest BCUT2D eigenvalue weighted by Gasteiger charge is 2.23. The molecule has 10 heteroatoms. The topological polar surface area (TPSA) is 52.0 Å². The van der Waals surface area contributed by atoms with Gasteiger partial charge in [-0.15, -0.1) is 0 Å². The lowest BCUT2D eigenvalue weighted by Gasteiger charge is -2.11. The SMILES string of the molecule is CS(=O)(=O)c1cc(F)c(-n2nc(C(F)F)cc2-c2cccc(F)c2)cc1F. The molecule has 0 aliphatic heterocycles. The summed E-state index contributed by atoms with van der Waals surface area (Å²) in [6.45, 7) is 0. The molecule has 0 atom stereocenters. The first kappa shape index (κ1) is 19.0. The number of hydrogen-bond acceptors (Lipinski definition) is 3. The normalized spacial score (nSPS) is 12.0. The maximum Gasteiger partial charge on any atom is 0.282 e. The van der Waals surface area contributed by atoms with Crippen LogP contribution >= 0.6 is 0 Å². The quantitative estimate of drug-likeness (QED) is 0.612. The van der Waals surface area contributed by atoms with Crippen LogP contribution in [0.15, 0.2) is 47.4 Å². The minimum atomic E-state index is -4.05. The molecule has 0 saturated carbocycles. The van der Waals surface area contributed by atoms with Gasteiger partial charge >= 0.3 is 0 Å². The van der Waals surface area contributed by atoms with Crippen molar-refractivity contribution in [3.8, 4) is 16.9 Å². The van der Waals surface area contributed by atoms with Crippen molar-refractivity contribution in [2.45, 2.75) is 11.3 Å². The Kier molecular flexibility index (Phi) is 4.77. The van der Waals surface area contributed by atoms with Gasteiger partial charge in [-0.2, -0.15) is 5.10 Å². The fourth-order valence-corrected chi connectivity index (χ4v) is 3.24. The van der Waals surface area contributed by atoms with Crippen molar-refractivity contribution < 1.29 is 30.4 Å². The Labute approximate surface area is 150 Å². The van der Waals surface area contributed by atoms with Crippen LogP contribution in [0.3, 0.4) is 0 Å². The van der Waals surface area contributed by atoms with Crippen molar-refractivity contribution in [2.24, 2.45) is 0 Å². The van der Waals surface area contributed by atoms with E-state index in [4.69, 9.17) is 0 Å². The summed E-state index contributed by atoms with van der Waals surface area (Å²) in [6.07, 6.45) is -2.31. The Hall–Kier alpha value is -2.75. The first-order valence-corrected chi connectivity index (χ1v) is 9.30. The second kappa shape index (κ2) is 6.76. The molecular formula is C17H11F5N2O2S. The molecule has 0 amide bonds. The van der Waals surface area contributed by atoms with E-state index in [2.05, 4.69) is 5.10 Å². The Morgan fingerprint density at radius 2 is 1.70 bits per heavy atom. The van der Waals surface area contributed by atoms with Gasteiger partial charge in [0.25, 0.3) is 6.43 Å². The van der Waals surface area contributed by atoms with Gasteiger partial charge in [0.15, 0.2) is 9.84 Å². The number of benzene rings is 2. The molecule has 1 heterocycles. The third kappa shape index (κ3) is 3.70. The van der Waals surface area contributed by atoms with E-state index in [9.17, 15) is 30.4 Å². The molecule has 0 radical (unpaired) electrons. The second-order valence-corrected chi connectivity index (χ2v) is 7.67. The van der Waals surface area contributed by atoms with Gasteiger partial charge in [0, 0.05) is 17.9 Å². The molecule has 4 nitrogen and oxygen atoms in total. The van der Waals surface area contributed by atoms with Crippen LogP contribution in [-0.4, -0.2) is 24.5 Å². The number of sulfone groups is 1. The van der Waals surface area contributed by atoms with E-state index in [1.807, 2.05) is 0 Å². The summed E-state index contributed by atoms with van der Waals surface area (Å²) in [5.74, 6) is -3.13. The first-order chi connectivity index (χ1) is 12.6. The Morgan fingerprint density at radius 3 is 2.30 bits per heavy atom. The van der Waals surface area contributed by atoms with Crippen molar-refractivity contribution in [3.63, 3.8) is 0 Å². The van der Waals surface area contributed by atoms with Crippen LogP contribution in [0.1, 0.15) is 12.1 Å². The molecule has 142 valence electrons. The van der Waals surface area contributed by atoms with Gasteiger partial charge in [0.1, 0.15) is 33.7 Å². The highest BCUT2D eigenvalue weighted by Crippen LogP contribution is 2.31. The third-order valence-corrected chi connectivity index (χ3v) is 4.81. The molecule has 0 aliphatic rings. The van der Waals surface area contributed by atoms with E-state index >= 15 is 0 Å². The Morgan fingerprint density at radius 1 is 1.00 bits per heavy atom. The summed E-state index contributed by atoms with van der Waals surface area (Å²) in [4.78, 5) is -0.878. The maximum absolute atomic E-state index is 14.5. The Balaban J connectivity index is 2.27. The standard InChI is InChI=1S/C17H11F5N2O2S/c1-27(25,26)16-7-11(19)15(6-12(16)20)24-14(8-13(23-24)17(21)22)9-3-2-4-10(18)5-9/h2-8,17H,1H3. The van der Waals surface area contributed by atoms with Gasteiger partial charge in [-0.05, 0) is 24.3 Å². The van der Waals surface area contributed by atoms with Crippen LogP contribution < -0.4 is 0 Å². The molecule has 3 rings (SSSR count). The molecule has 0 spiro atoms. The number of hydrogen-bond donors (Lipinski definition) is 0. The average Bonchev–Trinajstić information content (AvgIpc) is 3.01. The van der Waals surface area contributed by atoms with Crippen molar-refractivity contribution >= 4 is 9.84 Å². The summed E-state index contributed by atoms with van der Waals surface area (Å²) in [7, 11) is -4.05. The van der Waals surface area contributed by atoms with Gasteiger partial charge in [0.2, 0.25) is 0 Å². The maximum atomic E-state index is 14.5. The van der Waals surface area contributed by atoms with Gasteiger partial charge < -0.3 is 0 Å². The number of aromatic nitrogens is 2. The van der Waals surface area contributed by atoms with Crippen LogP contribution in [0, 0.1) is 17.5 Å². The minimum absolute atomic E-state index is 0.0985. The van der Waals surface area contributed by atoms with E-state index in [0.717, 1.165) is 18.2 Å². The van der Waals surface area contributed by atoms with Crippen molar-refractivity contribution in [2.75, 3.05) is 6.26 Å². The zero-order valence-electron chi connectivity index (χ0n) is 13.6. The molecule has 0 unspecified atom stereocenters. The molecule has 0 bridgehead atoms. The highest BCUT2D eigenvalue weighted by molar-refractivity contribution is 7.90. The molecule has 2 aromatic carbocycles. The monoisotopic (exact) mass is 402 g/mol. The third-order valence-electron chi connectivity index (χ3n) is 3.70. The zero-order valence-corrected chi connectivity index (χ0v) is 14.4. The molecular weight excluding hydrogens is 391 g/mol. The smallest absolute Gasteiger partial charge is 0.230 e. The number of halogens is 5. The molecule has 0 fully saturated rings. The largest absolute Gasteiger partial charge is 0.282 e. The molecule has 3 aromatic rings. The summed E-state index contributed by atoms with van der Waals surface area (Å²) >= 11 is 0. The zero-order chi connectivity index (χ0) is 19.9. The Bertz CT molecular complexity index is 1130. The van der Waals surface area contributed by atoms with Crippen LogP contribution in [0.2, 0.25) is 0 Å². The summed E-state index contributed by atoms with van der Waals surface area (Å²) in [5, 5.41) is 3.57. The first-order valence-electron chi connectivity index (χ1n) is 7.41. The van der Waals surface area contributed by atoms with Crippen molar-refractivity contribution in [3.05, 3.63) is 65.6 Å². The minimum Gasteiger partial charge on any atom is -0.230 e. The molecule has 27 heavy (non-hydrogen) atoms. The number of rotatable bonds is 4. The molecule has 0 N–H and O–H groups in total. The summed E-state index contributed by atoms with van der Waals surface area (Å²) in [6, 6.07) is 6.73. The lowest BCUT2D eigenvalue weighted by atomic mass is 10.1. The molecule has 0 aliphatic carbocycles. The van der Waals surface area contributed by atoms with Gasteiger partial charge in [-0.1, -0.05) is 12.1 Å².